The lowest BCUT2D eigenvalue weighted by atomic mass is 10.4. The Morgan fingerprint density at radius 3 is 2.64 bits per heavy atom. The summed E-state index contributed by atoms with van der Waals surface area (Å²) in [6, 6.07) is 0. The summed E-state index contributed by atoms with van der Waals surface area (Å²) in [4.78, 5) is 12.3. The Morgan fingerprint density at radius 2 is 2.27 bits per heavy atom. The Bertz CT molecular complexity index is 167. The Kier molecular flexibility index (Phi) is 4.02. The molecule has 5 heteroatoms. The third-order valence-corrected chi connectivity index (χ3v) is 1.26. The number of oxime groups is 1. The third kappa shape index (κ3) is 3.44. The van der Waals surface area contributed by atoms with Crippen molar-refractivity contribution in [1.29, 1.82) is 0 Å². The summed E-state index contributed by atoms with van der Waals surface area (Å²) in [5, 5.41) is 10.9. The lowest BCUT2D eigenvalue weighted by Crippen LogP contribution is -2.35. The topological polar surface area (TPSA) is 78.9 Å². The summed E-state index contributed by atoms with van der Waals surface area (Å²) in [7, 11) is 1.60. The summed E-state index contributed by atoms with van der Waals surface area (Å²) in [6.45, 7) is 1.92. The normalized spacial score (nSPS) is 11.3. The predicted molar refractivity (Wildman–Crippen MR) is 41.3 cm³/mol. The number of nitrogens with zero attached hydrogens (tertiary/aromatic N) is 2. The average molecular weight is 159 g/mol. The van der Waals surface area contributed by atoms with Crippen LogP contribution in [0.1, 0.15) is 13.3 Å². The highest BCUT2D eigenvalue weighted by Crippen LogP contribution is 1.88. The van der Waals surface area contributed by atoms with Crippen molar-refractivity contribution >= 4 is 11.7 Å². The van der Waals surface area contributed by atoms with Gasteiger partial charge in [-0.25, -0.2) is 0 Å². The molecular weight excluding hydrogens is 146 g/mol. The molecule has 0 unspecified atom stereocenters. The Morgan fingerprint density at radius 1 is 1.73 bits per heavy atom. The third-order valence-electron chi connectivity index (χ3n) is 1.26. The molecule has 0 radical (unpaired) electrons. The van der Waals surface area contributed by atoms with E-state index < -0.39 is 0 Å². The van der Waals surface area contributed by atoms with Crippen LogP contribution in [0.5, 0.6) is 0 Å². The molecular formula is C6H13N3O2. The van der Waals surface area contributed by atoms with Crippen molar-refractivity contribution in [3.63, 3.8) is 0 Å². The monoisotopic (exact) mass is 159 g/mol. The Hall–Kier alpha value is -1.26. The molecule has 11 heavy (non-hydrogen) atoms. The largest absolute Gasteiger partial charge is 0.409 e. The maximum atomic E-state index is 10.9. The molecule has 5 nitrogen and oxygen atoms in total. The van der Waals surface area contributed by atoms with Gasteiger partial charge in [-0.05, 0) is 0 Å². The van der Waals surface area contributed by atoms with Gasteiger partial charge in [0.25, 0.3) is 0 Å². The average Bonchev–Trinajstić information content (AvgIpc) is 2.02. The van der Waals surface area contributed by atoms with Crippen LogP contribution in [0, 0.1) is 0 Å². The highest BCUT2D eigenvalue weighted by molar-refractivity contribution is 5.86. The van der Waals surface area contributed by atoms with Gasteiger partial charge in [-0.2, -0.15) is 0 Å². The van der Waals surface area contributed by atoms with Crippen LogP contribution in [-0.4, -0.2) is 35.4 Å². The van der Waals surface area contributed by atoms with Crippen LogP contribution in [0.3, 0.4) is 0 Å². The fraction of sp³-hybridized carbons (Fsp3) is 0.667. The Labute approximate surface area is 65.5 Å². The molecule has 0 aliphatic rings. The van der Waals surface area contributed by atoms with Crippen molar-refractivity contribution in [2.45, 2.75) is 13.3 Å². The quantitative estimate of drug-likeness (QED) is 0.254. The fourth-order valence-corrected chi connectivity index (χ4v) is 0.633. The summed E-state index contributed by atoms with van der Waals surface area (Å²) in [6.07, 6.45) is 0.426. The van der Waals surface area contributed by atoms with Crippen molar-refractivity contribution in [2.75, 3.05) is 13.6 Å². The molecule has 0 saturated carbocycles. The van der Waals surface area contributed by atoms with E-state index in [4.69, 9.17) is 10.9 Å². The summed E-state index contributed by atoms with van der Waals surface area (Å²) in [5.74, 6) is 0.00546. The first-order valence-electron chi connectivity index (χ1n) is 3.32. The van der Waals surface area contributed by atoms with Crippen LogP contribution in [0.15, 0.2) is 5.16 Å². The number of hydrogen-bond acceptors (Lipinski definition) is 3. The second-order valence-corrected chi connectivity index (χ2v) is 2.19. The van der Waals surface area contributed by atoms with Gasteiger partial charge in [-0.3, -0.25) is 4.79 Å². The molecule has 0 aromatic carbocycles. The zero-order valence-electron chi connectivity index (χ0n) is 6.74. The summed E-state index contributed by atoms with van der Waals surface area (Å²) in [5.41, 5.74) is 5.17. The Balaban J connectivity index is 3.87. The minimum absolute atomic E-state index is 0.0309. The van der Waals surface area contributed by atoms with Crippen LogP contribution in [0.4, 0.5) is 0 Å². The van der Waals surface area contributed by atoms with Crippen molar-refractivity contribution < 1.29 is 10.0 Å². The van der Waals surface area contributed by atoms with Crippen LogP contribution >= 0.6 is 0 Å². The molecule has 0 atom stereocenters. The molecule has 0 aromatic heterocycles. The van der Waals surface area contributed by atoms with Crippen LogP contribution in [0.2, 0.25) is 0 Å². The van der Waals surface area contributed by atoms with Crippen molar-refractivity contribution in [1.82, 2.24) is 4.90 Å². The smallest absolute Gasteiger partial charge is 0.222 e. The van der Waals surface area contributed by atoms with E-state index in [1.165, 1.54) is 4.90 Å². The zero-order chi connectivity index (χ0) is 8.85. The van der Waals surface area contributed by atoms with E-state index in [0.717, 1.165) is 0 Å². The zero-order valence-corrected chi connectivity index (χ0v) is 6.74. The maximum Gasteiger partial charge on any atom is 0.222 e. The minimum Gasteiger partial charge on any atom is -0.409 e. The molecule has 3 N–H and O–H groups in total. The first kappa shape index (κ1) is 9.74. The van der Waals surface area contributed by atoms with Crippen LogP contribution in [0.25, 0.3) is 0 Å². The van der Waals surface area contributed by atoms with E-state index in [2.05, 4.69) is 5.16 Å². The summed E-state index contributed by atoms with van der Waals surface area (Å²) >= 11 is 0. The molecule has 0 heterocycles. The van der Waals surface area contributed by atoms with Gasteiger partial charge >= 0.3 is 0 Å². The number of likely N-dealkylation sites (N-methyl/N-ethyl adjacent to an activating group) is 1. The lowest BCUT2D eigenvalue weighted by molar-refractivity contribution is -0.128. The van der Waals surface area contributed by atoms with E-state index in [1.54, 1.807) is 14.0 Å². The number of hydrogen-bond donors (Lipinski definition) is 2. The van der Waals surface area contributed by atoms with Gasteiger partial charge < -0.3 is 15.8 Å². The molecule has 0 aliphatic carbocycles. The standard InChI is InChI=1S/C6H13N3O2/c1-3-6(10)9(2)4-5(7)8-11/h11H,3-4H2,1-2H3,(H2,7,8). The highest BCUT2D eigenvalue weighted by Gasteiger charge is 2.06. The van der Waals surface area contributed by atoms with E-state index in [1.807, 2.05) is 0 Å². The first-order chi connectivity index (χ1) is 5.11. The predicted octanol–water partition coefficient (Wildman–Crippen LogP) is -0.399. The van der Waals surface area contributed by atoms with E-state index in [9.17, 15) is 4.79 Å². The van der Waals surface area contributed by atoms with Gasteiger partial charge in [0.15, 0.2) is 5.84 Å². The van der Waals surface area contributed by atoms with Crippen molar-refractivity contribution in [3.05, 3.63) is 0 Å². The molecule has 64 valence electrons. The first-order valence-corrected chi connectivity index (χ1v) is 3.32. The van der Waals surface area contributed by atoms with E-state index >= 15 is 0 Å². The van der Waals surface area contributed by atoms with Gasteiger partial charge in [0.1, 0.15) is 0 Å². The number of rotatable bonds is 3. The van der Waals surface area contributed by atoms with Gasteiger partial charge in [-0.15, -0.1) is 0 Å². The van der Waals surface area contributed by atoms with Crippen molar-refractivity contribution in [3.8, 4) is 0 Å². The van der Waals surface area contributed by atoms with Gasteiger partial charge in [0, 0.05) is 13.5 Å². The maximum absolute atomic E-state index is 10.9. The van der Waals surface area contributed by atoms with E-state index in [0.29, 0.717) is 6.42 Å². The minimum atomic E-state index is -0.0309. The molecule has 0 saturated heterocycles. The van der Waals surface area contributed by atoms with Crippen LogP contribution in [-0.2, 0) is 4.79 Å². The SMILES string of the molecule is CCC(=O)N(C)C/C(N)=N/O. The molecule has 0 spiro atoms. The molecule has 1 amide bonds. The molecule has 0 aliphatic heterocycles. The number of nitrogens with two attached hydrogens (primary N) is 1. The number of amidine groups is 1. The second-order valence-electron chi connectivity index (χ2n) is 2.19. The van der Waals surface area contributed by atoms with Crippen molar-refractivity contribution in [2.24, 2.45) is 10.9 Å². The second kappa shape index (κ2) is 4.54. The van der Waals surface area contributed by atoms with Gasteiger partial charge in [0.2, 0.25) is 5.91 Å². The van der Waals surface area contributed by atoms with Gasteiger partial charge in [0.05, 0.1) is 6.54 Å². The number of amides is 1. The van der Waals surface area contributed by atoms with E-state index in [-0.39, 0.29) is 18.3 Å². The summed E-state index contributed by atoms with van der Waals surface area (Å²) < 4.78 is 0. The number of carbonyl (C=O) groups is 1. The molecule has 0 aromatic rings. The van der Waals surface area contributed by atoms with Crippen LogP contribution < -0.4 is 5.73 Å². The molecule has 0 bridgehead atoms. The van der Waals surface area contributed by atoms with Gasteiger partial charge in [-0.1, -0.05) is 12.1 Å². The lowest BCUT2D eigenvalue weighted by Gasteiger charge is -2.14. The number of carbonyl (C=O) groups excluding carboxylic acids is 1. The molecule has 0 fully saturated rings. The molecule has 0 rings (SSSR count). The highest BCUT2D eigenvalue weighted by atomic mass is 16.4. The fourth-order valence-electron chi connectivity index (χ4n) is 0.633.